The molecule has 3 nitrogen and oxygen atoms in total. The Morgan fingerprint density at radius 1 is 1.05 bits per heavy atom. The maximum Gasteiger partial charge on any atom is 0.144 e. The Bertz CT molecular complexity index is 769. The third kappa shape index (κ3) is 2.69. The molecule has 0 N–H and O–H groups in total. The molecular formula is C17H16ClN3. The maximum atomic E-state index is 6.03. The standard InChI is InChI=1S/C17H16ClN3/c1-3-12-4-7-14(8-5-12)21(2)17-15-9-6-13(18)10-16(15)19-11-20-17/h4-11H,3H2,1-2H3. The summed E-state index contributed by atoms with van der Waals surface area (Å²) in [6, 6.07) is 14.2. The molecule has 0 aliphatic carbocycles. The fourth-order valence-electron chi connectivity index (χ4n) is 2.36. The van der Waals surface area contributed by atoms with Gasteiger partial charge in [0.15, 0.2) is 0 Å². The van der Waals surface area contributed by atoms with Crippen molar-refractivity contribution in [2.24, 2.45) is 0 Å². The van der Waals surface area contributed by atoms with Gasteiger partial charge in [0.05, 0.1) is 5.52 Å². The molecule has 3 rings (SSSR count). The van der Waals surface area contributed by atoms with Gasteiger partial charge in [0.1, 0.15) is 12.1 Å². The number of aromatic nitrogens is 2. The van der Waals surface area contributed by atoms with Crippen molar-refractivity contribution >= 4 is 34.0 Å². The van der Waals surface area contributed by atoms with E-state index in [0.29, 0.717) is 5.02 Å². The molecule has 2 aromatic carbocycles. The molecule has 0 aliphatic heterocycles. The quantitative estimate of drug-likeness (QED) is 0.706. The van der Waals surface area contributed by atoms with Crippen LogP contribution in [0.25, 0.3) is 10.9 Å². The first-order chi connectivity index (χ1) is 10.2. The van der Waals surface area contributed by atoms with Gasteiger partial charge in [-0.2, -0.15) is 0 Å². The van der Waals surface area contributed by atoms with Crippen molar-refractivity contribution in [2.45, 2.75) is 13.3 Å². The summed E-state index contributed by atoms with van der Waals surface area (Å²) in [4.78, 5) is 10.8. The highest BCUT2D eigenvalue weighted by molar-refractivity contribution is 6.31. The molecule has 0 amide bonds. The molecule has 0 aliphatic rings. The predicted molar refractivity (Wildman–Crippen MR) is 88.4 cm³/mol. The Kier molecular flexibility index (Phi) is 3.76. The third-order valence-corrected chi connectivity index (χ3v) is 3.86. The van der Waals surface area contributed by atoms with Crippen LogP contribution >= 0.6 is 11.6 Å². The van der Waals surface area contributed by atoms with E-state index >= 15 is 0 Å². The van der Waals surface area contributed by atoms with Crippen molar-refractivity contribution in [3.8, 4) is 0 Å². The predicted octanol–water partition coefficient (Wildman–Crippen LogP) is 4.61. The van der Waals surface area contributed by atoms with E-state index in [1.54, 1.807) is 6.33 Å². The zero-order chi connectivity index (χ0) is 14.8. The van der Waals surface area contributed by atoms with Crippen molar-refractivity contribution in [2.75, 3.05) is 11.9 Å². The van der Waals surface area contributed by atoms with Crippen molar-refractivity contribution in [1.82, 2.24) is 9.97 Å². The van der Waals surface area contributed by atoms with E-state index in [-0.39, 0.29) is 0 Å². The lowest BCUT2D eigenvalue weighted by Crippen LogP contribution is -2.12. The Labute approximate surface area is 129 Å². The summed E-state index contributed by atoms with van der Waals surface area (Å²) >= 11 is 6.03. The monoisotopic (exact) mass is 297 g/mol. The smallest absolute Gasteiger partial charge is 0.144 e. The summed E-state index contributed by atoms with van der Waals surface area (Å²) in [5, 5.41) is 1.67. The average molecular weight is 298 g/mol. The van der Waals surface area contributed by atoms with Gasteiger partial charge in [-0.3, -0.25) is 0 Å². The van der Waals surface area contributed by atoms with E-state index in [9.17, 15) is 0 Å². The van der Waals surface area contributed by atoms with Crippen molar-refractivity contribution in [3.05, 3.63) is 59.4 Å². The summed E-state index contributed by atoms with van der Waals surface area (Å²) in [5.74, 6) is 0.876. The summed E-state index contributed by atoms with van der Waals surface area (Å²) in [5.41, 5.74) is 3.28. The Balaban J connectivity index is 2.06. The van der Waals surface area contributed by atoms with Gasteiger partial charge in [-0.25, -0.2) is 9.97 Å². The van der Waals surface area contributed by atoms with E-state index in [4.69, 9.17) is 11.6 Å². The first-order valence-electron chi connectivity index (χ1n) is 6.92. The van der Waals surface area contributed by atoms with Gasteiger partial charge in [0, 0.05) is 23.1 Å². The summed E-state index contributed by atoms with van der Waals surface area (Å²) in [6.07, 6.45) is 2.61. The van der Waals surface area contributed by atoms with Crippen LogP contribution in [0.3, 0.4) is 0 Å². The number of anilines is 2. The zero-order valence-corrected chi connectivity index (χ0v) is 12.8. The fourth-order valence-corrected chi connectivity index (χ4v) is 2.53. The van der Waals surface area contributed by atoms with Crippen molar-refractivity contribution < 1.29 is 0 Å². The highest BCUT2D eigenvalue weighted by Crippen LogP contribution is 2.29. The molecule has 0 bridgehead atoms. The minimum absolute atomic E-state index is 0.683. The number of fused-ring (bicyclic) bond motifs is 1. The van der Waals surface area contributed by atoms with Gasteiger partial charge < -0.3 is 4.90 Å². The van der Waals surface area contributed by atoms with Crippen LogP contribution < -0.4 is 4.90 Å². The molecule has 0 saturated carbocycles. The lowest BCUT2D eigenvalue weighted by molar-refractivity contribution is 1.10. The first-order valence-corrected chi connectivity index (χ1v) is 7.30. The third-order valence-electron chi connectivity index (χ3n) is 3.63. The second kappa shape index (κ2) is 5.70. The van der Waals surface area contributed by atoms with Gasteiger partial charge in [-0.05, 0) is 42.3 Å². The van der Waals surface area contributed by atoms with E-state index in [1.165, 1.54) is 5.56 Å². The van der Waals surface area contributed by atoms with Gasteiger partial charge in [0.25, 0.3) is 0 Å². The van der Waals surface area contributed by atoms with E-state index in [0.717, 1.165) is 28.8 Å². The normalized spacial score (nSPS) is 10.8. The molecule has 106 valence electrons. The van der Waals surface area contributed by atoms with Gasteiger partial charge >= 0.3 is 0 Å². The largest absolute Gasteiger partial charge is 0.329 e. The van der Waals surface area contributed by atoms with Crippen LogP contribution in [0.15, 0.2) is 48.8 Å². The summed E-state index contributed by atoms with van der Waals surface area (Å²) in [7, 11) is 2.01. The molecular weight excluding hydrogens is 282 g/mol. The molecule has 0 unspecified atom stereocenters. The maximum absolute atomic E-state index is 6.03. The highest BCUT2D eigenvalue weighted by Gasteiger charge is 2.10. The molecule has 0 fully saturated rings. The highest BCUT2D eigenvalue weighted by atomic mass is 35.5. The Morgan fingerprint density at radius 2 is 1.81 bits per heavy atom. The Morgan fingerprint density at radius 3 is 2.52 bits per heavy atom. The first kappa shape index (κ1) is 13.8. The van der Waals surface area contributed by atoms with Gasteiger partial charge in [-0.1, -0.05) is 30.7 Å². The zero-order valence-electron chi connectivity index (χ0n) is 12.0. The lowest BCUT2D eigenvalue weighted by atomic mass is 10.1. The molecule has 0 spiro atoms. The molecule has 1 heterocycles. The fraction of sp³-hybridized carbons (Fsp3) is 0.176. The van der Waals surface area contributed by atoms with Crippen LogP contribution in [-0.2, 0) is 6.42 Å². The molecule has 21 heavy (non-hydrogen) atoms. The van der Waals surface area contributed by atoms with Gasteiger partial charge in [0.2, 0.25) is 0 Å². The second-order valence-corrected chi connectivity index (χ2v) is 5.37. The number of nitrogens with zero attached hydrogens (tertiary/aromatic N) is 3. The van der Waals surface area contributed by atoms with Crippen LogP contribution in [-0.4, -0.2) is 17.0 Å². The van der Waals surface area contributed by atoms with Crippen LogP contribution in [0.5, 0.6) is 0 Å². The molecule has 0 saturated heterocycles. The van der Waals surface area contributed by atoms with Crippen molar-refractivity contribution in [3.63, 3.8) is 0 Å². The lowest BCUT2D eigenvalue weighted by Gasteiger charge is -2.20. The minimum atomic E-state index is 0.683. The van der Waals surface area contributed by atoms with E-state index in [2.05, 4.69) is 46.1 Å². The molecule has 3 aromatic rings. The van der Waals surface area contributed by atoms with Crippen LogP contribution in [0.4, 0.5) is 11.5 Å². The molecule has 0 atom stereocenters. The van der Waals surface area contributed by atoms with Gasteiger partial charge in [-0.15, -0.1) is 0 Å². The number of hydrogen-bond acceptors (Lipinski definition) is 3. The Hall–Kier alpha value is -2.13. The van der Waals surface area contributed by atoms with Crippen molar-refractivity contribution in [1.29, 1.82) is 0 Å². The number of aryl methyl sites for hydroxylation is 1. The molecule has 1 aromatic heterocycles. The summed E-state index contributed by atoms with van der Waals surface area (Å²) < 4.78 is 0. The second-order valence-electron chi connectivity index (χ2n) is 4.94. The van der Waals surface area contributed by atoms with E-state index in [1.807, 2.05) is 25.2 Å². The number of halogens is 1. The molecule has 4 heteroatoms. The van der Waals surface area contributed by atoms with E-state index < -0.39 is 0 Å². The van der Waals surface area contributed by atoms with Crippen LogP contribution in [0.2, 0.25) is 5.02 Å². The SMILES string of the molecule is CCc1ccc(N(C)c2ncnc3cc(Cl)ccc23)cc1. The molecule has 0 radical (unpaired) electrons. The van der Waals surface area contributed by atoms with Crippen LogP contribution in [0, 0.1) is 0 Å². The van der Waals surface area contributed by atoms with Crippen LogP contribution in [0.1, 0.15) is 12.5 Å². The topological polar surface area (TPSA) is 29.0 Å². The average Bonchev–Trinajstić information content (AvgIpc) is 2.53. The summed E-state index contributed by atoms with van der Waals surface area (Å²) in [6.45, 7) is 2.15. The number of benzene rings is 2. The number of rotatable bonds is 3. The minimum Gasteiger partial charge on any atom is -0.329 e. The number of hydrogen-bond donors (Lipinski definition) is 0.